The van der Waals surface area contributed by atoms with Crippen molar-refractivity contribution in [3.8, 4) is 0 Å². The molecule has 3 aliphatic rings. The zero-order valence-electron chi connectivity index (χ0n) is 14.4. The van der Waals surface area contributed by atoms with Gasteiger partial charge in [-0.2, -0.15) is 0 Å². The molecule has 1 N–H and O–H groups in total. The quantitative estimate of drug-likeness (QED) is 0.813. The Morgan fingerprint density at radius 2 is 1.68 bits per heavy atom. The van der Waals surface area contributed by atoms with Crippen molar-refractivity contribution in [1.29, 1.82) is 0 Å². The van der Waals surface area contributed by atoms with Crippen LogP contribution in [0.4, 0.5) is 0 Å². The third-order valence-corrected chi connectivity index (χ3v) is 6.03. The van der Waals surface area contributed by atoms with E-state index in [0.717, 1.165) is 44.2 Å². The average Bonchev–Trinajstić information content (AvgIpc) is 3.38. The lowest BCUT2D eigenvalue weighted by atomic mass is 9.83. The van der Waals surface area contributed by atoms with Crippen molar-refractivity contribution in [3.05, 3.63) is 0 Å². The zero-order valence-corrected chi connectivity index (χ0v) is 14.4. The first-order valence-corrected chi connectivity index (χ1v) is 9.74. The molecule has 22 heavy (non-hydrogen) atoms. The molecule has 0 aromatic carbocycles. The number of hydrogen-bond donors (Lipinski definition) is 1. The average molecular weight is 306 g/mol. The van der Waals surface area contributed by atoms with Gasteiger partial charge in [0, 0.05) is 25.0 Å². The molecule has 0 bridgehead atoms. The minimum atomic E-state index is 0.235. The van der Waals surface area contributed by atoms with Gasteiger partial charge in [0.2, 0.25) is 5.91 Å². The normalized spacial score (nSPS) is 26.1. The number of hydrogen-bond acceptors (Lipinski definition) is 2. The van der Waals surface area contributed by atoms with Gasteiger partial charge in [-0.15, -0.1) is 0 Å². The second-order valence-electron chi connectivity index (χ2n) is 8.09. The summed E-state index contributed by atoms with van der Waals surface area (Å²) in [5, 5.41) is 3.70. The molecule has 1 amide bonds. The minimum absolute atomic E-state index is 0.235. The van der Waals surface area contributed by atoms with E-state index in [0.29, 0.717) is 11.9 Å². The van der Waals surface area contributed by atoms with Gasteiger partial charge in [-0.1, -0.05) is 39.0 Å². The summed E-state index contributed by atoms with van der Waals surface area (Å²) in [4.78, 5) is 14.8. The van der Waals surface area contributed by atoms with Crippen molar-refractivity contribution >= 4 is 5.91 Å². The second kappa shape index (κ2) is 7.81. The molecular formula is C19H34N2O. The lowest BCUT2D eigenvalue weighted by molar-refractivity contribution is -0.136. The van der Waals surface area contributed by atoms with Crippen LogP contribution in [-0.4, -0.2) is 36.5 Å². The van der Waals surface area contributed by atoms with Gasteiger partial charge >= 0.3 is 0 Å². The van der Waals surface area contributed by atoms with Gasteiger partial charge in [-0.3, -0.25) is 4.79 Å². The number of amides is 1. The molecular weight excluding hydrogens is 272 g/mol. The van der Waals surface area contributed by atoms with Crippen LogP contribution in [0.1, 0.15) is 71.1 Å². The Bertz CT molecular complexity index is 352. The number of carbonyl (C=O) groups is 1. The van der Waals surface area contributed by atoms with Gasteiger partial charge in [0.1, 0.15) is 0 Å². The standard InChI is InChI=1S/C19H34N2O/c1-15(13-16-5-3-2-4-6-16)19(22)21-11-9-18(10-12-21)20-14-17-7-8-17/h15-18,20H,2-14H2,1H3. The van der Waals surface area contributed by atoms with Crippen LogP contribution in [0.25, 0.3) is 0 Å². The molecule has 0 aromatic rings. The lowest BCUT2D eigenvalue weighted by Crippen LogP contribution is -2.47. The maximum atomic E-state index is 12.7. The molecule has 3 fully saturated rings. The first-order chi connectivity index (χ1) is 10.7. The highest BCUT2D eigenvalue weighted by atomic mass is 16.2. The van der Waals surface area contributed by atoms with Gasteiger partial charge < -0.3 is 10.2 Å². The monoisotopic (exact) mass is 306 g/mol. The fourth-order valence-corrected chi connectivity index (χ4v) is 4.29. The summed E-state index contributed by atoms with van der Waals surface area (Å²) >= 11 is 0. The van der Waals surface area contributed by atoms with Crippen LogP contribution >= 0.6 is 0 Å². The summed E-state index contributed by atoms with van der Waals surface area (Å²) in [6.07, 6.45) is 13.1. The highest BCUT2D eigenvalue weighted by Gasteiger charge is 2.29. The predicted octanol–water partition coefficient (Wildman–Crippen LogP) is 3.58. The number of likely N-dealkylation sites (tertiary alicyclic amines) is 1. The van der Waals surface area contributed by atoms with E-state index < -0.39 is 0 Å². The topological polar surface area (TPSA) is 32.3 Å². The summed E-state index contributed by atoms with van der Waals surface area (Å²) in [7, 11) is 0. The highest BCUT2D eigenvalue weighted by molar-refractivity contribution is 5.78. The summed E-state index contributed by atoms with van der Waals surface area (Å²) in [5.74, 6) is 2.42. The Balaban J connectivity index is 1.36. The zero-order chi connectivity index (χ0) is 15.4. The summed E-state index contributed by atoms with van der Waals surface area (Å²) < 4.78 is 0. The van der Waals surface area contributed by atoms with E-state index in [1.54, 1.807) is 0 Å². The van der Waals surface area contributed by atoms with E-state index in [9.17, 15) is 4.79 Å². The van der Waals surface area contributed by atoms with Crippen molar-refractivity contribution in [2.45, 2.75) is 77.2 Å². The molecule has 2 saturated carbocycles. The van der Waals surface area contributed by atoms with E-state index in [4.69, 9.17) is 0 Å². The molecule has 1 saturated heterocycles. The minimum Gasteiger partial charge on any atom is -0.342 e. The fraction of sp³-hybridized carbons (Fsp3) is 0.947. The Labute approximate surface area is 136 Å². The smallest absolute Gasteiger partial charge is 0.225 e. The Kier molecular flexibility index (Phi) is 5.78. The first-order valence-electron chi connectivity index (χ1n) is 9.74. The number of nitrogens with zero attached hydrogens (tertiary/aromatic N) is 1. The van der Waals surface area contributed by atoms with Crippen molar-refractivity contribution in [1.82, 2.24) is 10.2 Å². The third-order valence-electron chi connectivity index (χ3n) is 6.03. The van der Waals surface area contributed by atoms with Crippen molar-refractivity contribution in [2.24, 2.45) is 17.8 Å². The van der Waals surface area contributed by atoms with Crippen LogP contribution in [0.5, 0.6) is 0 Å². The number of piperidine rings is 1. The van der Waals surface area contributed by atoms with E-state index in [2.05, 4.69) is 17.1 Å². The number of carbonyl (C=O) groups excluding carboxylic acids is 1. The Morgan fingerprint density at radius 3 is 2.32 bits per heavy atom. The molecule has 3 rings (SSSR count). The van der Waals surface area contributed by atoms with Crippen LogP contribution < -0.4 is 5.32 Å². The molecule has 0 spiro atoms. The molecule has 1 atom stereocenters. The molecule has 0 radical (unpaired) electrons. The molecule has 1 heterocycles. The third kappa shape index (κ3) is 4.71. The Morgan fingerprint density at radius 1 is 1.00 bits per heavy atom. The Hall–Kier alpha value is -0.570. The van der Waals surface area contributed by atoms with E-state index in [1.807, 2.05) is 0 Å². The maximum absolute atomic E-state index is 12.7. The van der Waals surface area contributed by atoms with E-state index >= 15 is 0 Å². The van der Waals surface area contributed by atoms with Crippen LogP contribution in [0.3, 0.4) is 0 Å². The summed E-state index contributed by atoms with van der Waals surface area (Å²) in [6, 6.07) is 0.651. The molecule has 126 valence electrons. The van der Waals surface area contributed by atoms with Gasteiger partial charge in [-0.25, -0.2) is 0 Å². The second-order valence-corrected chi connectivity index (χ2v) is 8.09. The van der Waals surface area contributed by atoms with E-state index in [1.165, 1.54) is 51.5 Å². The van der Waals surface area contributed by atoms with Crippen molar-refractivity contribution in [3.63, 3.8) is 0 Å². The molecule has 3 nitrogen and oxygen atoms in total. The molecule has 1 aliphatic heterocycles. The summed E-state index contributed by atoms with van der Waals surface area (Å²) in [5.41, 5.74) is 0. The van der Waals surface area contributed by atoms with Crippen molar-refractivity contribution in [2.75, 3.05) is 19.6 Å². The van der Waals surface area contributed by atoms with Gasteiger partial charge in [-0.05, 0) is 50.5 Å². The number of rotatable bonds is 6. The van der Waals surface area contributed by atoms with Crippen LogP contribution in [0.15, 0.2) is 0 Å². The predicted molar refractivity (Wildman–Crippen MR) is 90.7 cm³/mol. The van der Waals surface area contributed by atoms with Gasteiger partial charge in [0.05, 0.1) is 0 Å². The molecule has 1 unspecified atom stereocenters. The van der Waals surface area contributed by atoms with Crippen LogP contribution in [0, 0.1) is 17.8 Å². The van der Waals surface area contributed by atoms with Gasteiger partial charge in [0.15, 0.2) is 0 Å². The largest absolute Gasteiger partial charge is 0.342 e. The molecule has 2 aliphatic carbocycles. The van der Waals surface area contributed by atoms with Crippen LogP contribution in [0.2, 0.25) is 0 Å². The molecule has 3 heteroatoms. The highest BCUT2D eigenvalue weighted by Crippen LogP contribution is 2.30. The maximum Gasteiger partial charge on any atom is 0.225 e. The lowest BCUT2D eigenvalue weighted by Gasteiger charge is -2.35. The SMILES string of the molecule is CC(CC1CCCCC1)C(=O)N1CCC(NCC2CC2)CC1. The first kappa shape index (κ1) is 16.3. The van der Waals surface area contributed by atoms with Crippen LogP contribution in [-0.2, 0) is 4.79 Å². The molecule has 0 aromatic heterocycles. The fourth-order valence-electron chi connectivity index (χ4n) is 4.29. The van der Waals surface area contributed by atoms with E-state index in [-0.39, 0.29) is 5.92 Å². The number of nitrogens with one attached hydrogen (secondary N) is 1. The van der Waals surface area contributed by atoms with Crippen molar-refractivity contribution < 1.29 is 4.79 Å². The summed E-state index contributed by atoms with van der Waals surface area (Å²) in [6.45, 7) is 5.30. The van der Waals surface area contributed by atoms with Gasteiger partial charge in [0.25, 0.3) is 0 Å².